The zero-order valence-corrected chi connectivity index (χ0v) is 14.6. The lowest BCUT2D eigenvalue weighted by atomic mass is 10.1. The largest absolute Gasteiger partial charge is 0.371 e. The number of carbonyl (C=O) groups excluding carboxylic acids is 1. The Bertz CT molecular complexity index is 994. The van der Waals surface area contributed by atoms with Gasteiger partial charge < -0.3 is 10.2 Å². The van der Waals surface area contributed by atoms with Crippen LogP contribution in [0.1, 0.15) is 5.56 Å². The van der Waals surface area contributed by atoms with Gasteiger partial charge in [-0.3, -0.25) is 0 Å². The van der Waals surface area contributed by atoms with E-state index in [0.29, 0.717) is 17.1 Å². The lowest BCUT2D eigenvalue weighted by Crippen LogP contribution is -2.30. The Hall–Kier alpha value is -3.79. The molecule has 1 aliphatic heterocycles. The molecule has 1 N–H and O–H groups in total. The molecule has 0 unspecified atom stereocenters. The first kappa shape index (κ1) is 16.7. The van der Waals surface area contributed by atoms with Crippen molar-refractivity contribution in [1.82, 2.24) is 5.06 Å². The van der Waals surface area contributed by atoms with Crippen LogP contribution in [0.4, 0.5) is 10.5 Å². The summed E-state index contributed by atoms with van der Waals surface area (Å²) >= 11 is 0. The Balaban J connectivity index is 1.50. The number of allylic oxidation sites excluding steroid dienone is 1. The molecule has 2 amide bonds. The Morgan fingerprint density at radius 3 is 1.96 bits per heavy atom. The number of carbonyl (C=O) groups is 1. The minimum Gasteiger partial charge on any atom is -0.371 e. The van der Waals surface area contributed by atoms with Gasteiger partial charge >= 0.3 is 6.03 Å². The number of amides is 2. The second-order valence-corrected chi connectivity index (χ2v) is 6.12. The number of benzene rings is 3. The highest BCUT2D eigenvalue weighted by atomic mass is 16.7. The zero-order valence-electron chi connectivity index (χ0n) is 14.6. The van der Waals surface area contributed by atoms with E-state index in [0.717, 1.165) is 16.7 Å². The van der Waals surface area contributed by atoms with E-state index < -0.39 is 0 Å². The van der Waals surface area contributed by atoms with Gasteiger partial charge in [-0.1, -0.05) is 79.4 Å². The molecule has 0 atom stereocenters. The van der Waals surface area contributed by atoms with Crippen molar-refractivity contribution >= 4 is 17.4 Å². The Kier molecular flexibility index (Phi) is 4.45. The van der Waals surface area contributed by atoms with E-state index in [1.54, 1.807) is 6.08 Å². The maximum Gasteiger partial charge on any atom is 0.359 e. The molecule has 0 saturated heterocycles. The number of nitrogens with zero attached hydrogens (tertiary/aromatic N) is 1. The third-order valence-corrected chi connectivity index (χ3v) is 4.22. The Morgan fingerprint density at radius 2 is 1.33 bits per heavy atom. The highest BCUT2D eigenvalue weighted by Gasteiger charge is 2.27. The molecule has 0 saturated carbocycles. The van der Waals surface area contributed by atoms with Gasteiger partial charge in [-0.25, -0.2) is 4.79 Å². The molecule has 1 heterocycles. The van der Waals surface area contributed by atoms with E-state index in [9.17, 15) is 4.79 Å². The predicted molar refractivity (Wildman–Crippen MR) is 107 cm³/mol. The van der Waals surface area contributed by atoms with Gasteiger partial charge in [0.1, 0.15) is 0 Å². The molecular weight excluding hydrogens is 336 g/mol. The molecule has 4 heteroatoms. The third kappa shape index (κ3) is 3.60. The summed E-state index contributed by atoms with van der Waals surface area (Å²) in [6, 6.07) is 27.0. The quantitative estimate of drug-likeness (QED) is 0.657. The average Bonchev–Trinajstić information content (AvgIpc) is 3.12. The predicted octanol–water partition coefficient (Wildman–Crippen LogP) is 5.69. The maximum atomic E-state index is 12.7. The molecular formula is C23H18N2O2. The van der Waals surface area contributed by atoms with E-state index in [1.807, 2.05) is 84.9 Å². The van der Waals surface area contributed by atoms with Crippen LogP contribution in [-0.4, -0.2) is 11.1 Å². The first-order valence-corrected chi connectivity index (χ1v) is 8.61. The number of rotatable bonds is 3. The van der Waals surface area contributed by atoms with E-state index in [2.05, 4.69) is 11.9 Å². The number of nitrogens with one attached hydrogen (secondary N) is 1. The Labute approximate surface area is 158 Å². The van der Waals surface area contributed by atoms with Gasteiger partial charge in [0.25, 0.3) is 0 Å². The molecule has 0 aromatic heterocycles. The van der Waals surface area contributed by atoms with Crippen LogP contribution >= 0.6 is 0 Å². The van der Waals surface area contributed by atoms with Crippen molar-refractivity contribution in [3.05, 3.63) is 109 Å². The van der Waals surface area contributed by atoms with Crippen molar-refractivity contribution in [2.24, 2.45) is 0 Å². The Morgan fingerprint density at radius 1 is 0.778 bits per heavy atom. The third-order valence-electron chi connectivity index (χ3n) is 4.22. The minimum absolute atomic E-state index is 0.379. The average molecular weight is 354 g/mol. The molecule has 4 rings (SSSR count). The SMILES string of the molecule is C=C1C=C(c2ccccc2)N(C(=O)Nc2ccc(-c3ccccc3)cc2)O1. The number of anilines is 1. The summed E-state index contributed by atoms with van der Waals surface area (Å²) in [4.78, 5) is 18.2. The van der Waals surface area contributed by atoms with Gasteiger partial charge in [0.05, 0.1) is 5.70 Å². The van der Waals surface area contributed by atoms with E-state index in [-0.39, 0.29) is 6.03 Å². The van der Waals surface area contributed by atoms with Crippen LogP contribution < -0.4 is 5.32 Å². The van der Waals surface area contributed by atoms with Gasteiger partial charge in [-0.2, -0.15) is 0 Å². The molecule has 3 aromatic carbocycles. The van der Waals surface area contributed by atoms with Crippen molar-refractivity contribution in [3.8, 4) is 11.1 Å². The summed E-state index contributed by atoms with van der Waals surface area (Å²) in [5.74, 6) is 0.420. The molecule has 0 radical (unpaired) electrons. The molecule has 1 aliphatic rings. The topological polar surface area (TPSA) is 41.6 Å². The fourth-order valence-corrected chi connectivity index (χ4v) is 2.92. The van der Waals surface area contributed by atoms with E-state index in [4.69, 9.17) is 4.84 Å². The van der Waals surface area contributed by atoms with Gasteiger partial charge in [0.2, 0.25) is 0 Å². The fraction of sp³-hybridized carbons (Fsp3) is 0. The van der Waals surface area contributed by atoms with Crippen LogP contribution in [0.2, 0.25) is 0 Å². The molecule has 0 fully saturated rings. The lowest BCUT2D eigenvalue weighted by Gasteiger charge is -2.19. The monoisotopic (exact) mass is 354 g/mol. The van der Waals surface area contributed by atoms with E-state index >= 15 is 0 Å². The zero-order chi connectivity index (χ0) is 18.6. The van der Waals surface area contributed by atoms with Crippen molar-refractivity contribution in [3.63, 3.8) is 0 Å². The molecule has 4 nitrogen and oxygen atoms in total. The van der Waals surface area contributed by atoms with Crippen LogP contribution in [0.3, 0.4) is 0 Å². The molecule has 3 aromatic rings. The summed E-state index contributed by atoms with van der Waals surface area (Å²) in [5, 5.41) is 4.09. The normalized spacial score (nSPS) is 13.1. The molecule has 132 valence electrons. The molecule has 0 aliphatic carbocycles. The van der Waals surface area contributed by atoms with E-state index in [1.165, 1.54) is 5.06 Å². The number of hydrogen-bond donors (Lipinski definition) is 1. The summed E-state index contributed by atoms with van der Waals surface area (Å²) < 4.78 is 0. The standard InChI is InChI=1S/C23H18N2O2/c1-17-16-22(20-10-6-3-7-11-20)25(27-17)23(26)24-21-14-12-19(13-15-21)18-8-4-2-5-9-18/h2-16H,1H2,(H,24,26). The minimum atomic E-state index is -0.379. The lowest BCUT2D eigenvalue weighted by molar-refractivity contribution is 0.00297. The number of urea groups is 1. The number of hydrogen-bond acceptors (Lipinski definition) is 2. The van der Waals surface area contributed by atoms with Crippen molar-refractivity contribution < 1.29 is 9.63 Å². The van der Waals surface area contributed by atoms with Crippen molar-refractivity contribution in [2.75, 3.05) is 5.32 Å². The van der Waals surface area contributed by atoms with Crippen LogP contribution in [0.25, 0.3) is 16.8 Å². The van der Waals surface area contributed by atoms with Gasteiger partial charge in [-0.15, -0.1) is 5.06 Å². The maximum absolute atomic E-state index is 12.7. The fourth-order valence-electron chi connectivity index (χ4n) is 2.92. The van der Waals surface area contributed by atoms with Gasteiger partial charge in [-0.05, 0) is 23.3 Å². The molecule has 27 heavy (non-hydrogen) atoms. The van der Waals surface area contributed by atoms with Crippen LogP contribution in [-0.2, 0) is 4.84 Å². The second-order valence-electron chi connectivity index (χ2n) is 6.12. The van der Waals surface area contributed by atoms with Crippen LogP contribution in [0, 0.1) is 0 Å². The smallest absolute Gasteiger partial charge is 0.359 e. The van der Waals surface area contributed by atoms with Crippen LogP contribution in [0.5, 0.6) is 0 Å². The summed E-state index contributed by atoms with van der Waals surface area (Å²) in [5.41, 5.74) is 4.44. The molecule has 0 bridgehead atoms. The van der Waals surface area contributed by atoms with Crippen molar-refractivity contribution in [1.29, 1.82) is 0 Å². The molecule has 0 spiro atoms. The van der Waals surface area contributed by atoms with Crippen molar-refractivity contribution in [2.45, 2.75) is 0 Å². The van der Waals surface area contributed by atoms with Gasteiger partial charge in [0.15, 0.2) is 5.76 Å². The summed E-state index contributed by atoms with van der Waals surface area (Å²) in [6.45, 7) is 3.79. The first-order chi connectivity index (χ1) is 13.2. The highest BCUT2D eigenvalue weighted by Crippen LogP contribution is 2.30. The van der Waals surface area contributed by atoms with Crippen LogP contribution in [0.15, 0.2) is 103 Å². The number of hydroxylamine groups is 2. The summed E-state index contributed by atoms with van der Waals surface area (Å²) in [7, 11) is 0. The summed E-state index contributed by atoms with van der Waals surface area (Å²) in [6.07, 6.45) is 1.74. The highest BCUT2D eigenvalue weighted by molar-refractivity contribution is 5.95. The van der Waals surface area contributed by atoms with Gasteiger partial charge in [0, 0.05) is 17.3 Å². The second kappa shape index (κ2) is 7.22. The first-order valence-electron chi connectivity index (χ1n) is 8.61.